The molecule has 0 saturated heterocycles. The topological polar surface area (TPSA) is 121 Å². The van der Waals surface area contributed by atoms with Gasteiger partial charge in [-0.3, -0.25) is 4.31 Å². The fourth-order valence-electron chi connectivity index (χ4n) is 2.29. The third-order valence-electron chi connectivity index (χ3n) is 3.57. The molecule has 2 aromatic carbocycles. The molecule has 0 aliphatic heterocycles. The molecule has 0 unspecified atom stereocenters. The van der Waals surface area contributed by atoms with Gasteiger partial charge in [0.05, 0.1) is 28.8 Å². The van der Waals surface area contributed by atoms with Crippen molar-refractivity contribution in [3.05, 3.63) is 52.0 Å². The molecule has 10 heteroatoms. The van der Waals surface area contributed by atoms with Crippen molar-refractivity contribution in [3.8, 4) is 5.75 Å². The zero-order valence-electron chi connectivity index (χ0n) is 13.6. The standard InChI is InChI=1S/C16H14BrNO7S/c1-18(26(23,24)11-5-3-10(25-2)4-6-11)14-12(15(19)20)7-9(17)8-13(14)16(21)22/h3-8H,1-2H3,(H,19,20)(H,21,22). The number of carboxylic acids is 2. The SMILES string of the molecule is COc1ccc(S(=O)(=O)N(C)c2c(C(=O)O)cc(Br)cc2C(=O)O)cc1. The summed E-state index contributed by atoms with van der Waals surface area (Å²) in [5.74, 6) is -2.48. The van der Waals surface area contributed by atoms with Crippen LogP contribution < -0.4 is 9.04 Å². The van der Waals surface area contributed by atoms with Gasteiger partial charge in [0.25, 0.3) is 10.0 Å². The number of ether oxygens (including phenoxy) is 1. The second-order valence-corrected chi connectivity index (χ2v) is 7.99. The van der Waals surface area contributed by atoms with Crippen LogP contribution in [0, 0.1) is 0 Å². The Kier molecular flexibility index (Phi) is 5.57. The fraction of sp³-hybridized carbons (Fsp3) is 0.125. The largest absolute Gasteiger partial charge is 0.497 e. The first-order chi connectivity index (χ1) is 12.1. The first-order valence-electron chi connectivity index (χ1n) is 7.02. The number of aromatic carboxylic acids is 2. The lowest BCUT2D eigenvalue weighted by atomic mass is 10.1. The fourth-order valence-corrected chi connectivity index (χ4v) is 3.98. The molecule has 0 radical (unpaired) electrons. The quantitative estimate of drug-likeness (QED) is 0.703. The molecular weight excluding hydrogens is 430 g/mol. The minimum atomic E-state index is -4.21. The average molecular weight is 444 g/mol. The molecule has 0 heterocycles. The van der Waals surface area contributed by atoms with Gasteiger partial charge in [-0.05, 0) is 36.4 Å². The molecule has 0 bridgehead atoms. The van der Waals surface area contributed by atoms with Crippen molar-refractivity contribution in [2.45, 2.75) is 4.90 Å². The lowest BCUT2D eigenvalue weighted by Crippen LogP contribution is -2.30. The van der Waals surface area contributed by atoms with E-state index < -0.39 is 38.8 Å². The second kappa shape index (κ2) is 7.34. The van der Waals surface area contributed by atoms with E-state index in [4.69, 9.17) is 4.74 Å². The van der Waals surface area contributed by atoms with E-state index in [1.54, 1.807) is 0 Å². The van der Waals surface area contributed by atoms with Crippen molar-refractivity contribution in [3.63, 3.8) is 0 Å². The van der Waals surface area contributed by atoms with E-state index in [0.29, 0.717) is 10.1 Å². The van der Waals surface area contributed by atoms with Crippen LogP contribution in [0.2, 0.25) is 0 Å². The van der Waals surface area contributed by atoms with Crippen molar-refractivity contribution >= 4 is 43.6 Å². The second-order valence-electron chi connectivity index (χ2n) is 5.11. The summed E-state index contributed by atoms with van der Waals surface area (Å²) in [4.78, 5) is 23.0. The van der Waals surface area contributed by atoms with Crippen molar-refractivity contribution in [2.75, 3.05) is 18.5 Å². The molecule has 138 valence electrons. The maximum Gasteiger partial charge on any atom is 0.337 e. The van der Waals surface area contributed by atoms with Crippen LogP contribution in [0.3, 0.4) is 0 Å². The predicted octanol–water partition coefficient (Wildman–Crippen LogP) is 2.68. The van der Waals surface area contributed by atoms with Gasteiger partial charge < -0.3 is 14.9 Å². The van der Waals surface area contributed by atoms with Crippen LogP contribution >= 0.6 is 15.9 Å². The smallest absolute Gasteiger partial charge is 0.337 e. The summed E-state index contributed by atoms with van der Waals surface area (Å²) < 4.78 is 31.5. The molecule has 0 saturated carbocycles. The molecular formula is C16H14BrNO7S. The Morgan fingerprint density at radius 1 is 1.04 bits per heavy atom. The Bertz CT molecular complexity index is 936. The zero-order valence-corrected chi connectivity index (χ0v) is 16.0. The van der Waals surface area contributed by atoms with Crippen LogP contribution in [-0.4, -0.2) is 44.7 Å². The summed E-state index contributed by atoms with van der Waals surface area (Å²) in [5, 5.41) is 18.8. The van der Waals surface area contributed by atoms with E-state index in [0.717, 1.165) is 19.2 Å². The average Bonchev–Trinajstić information content (AvgIpc) is 2.60. The summed E-state index contributed by atoms with van der Waals surface area (Å²) in [5.41, 5.74) is -1.36. The van der Waals surface area contributed by atoms with Gasteiger partial charge in [-0.25, -0.2) is 18.0 Å². The molecule has 0 atom stereocenters. The molecule has 0 amide bonds. The number of benzene rings is 2. The first-order valence-corrected chi connectivity index (χ1v) is 9.26. The van der Waals surface area contributed by atoms with Crippen molar-refractivity contribution < 1.29 is 33.0 Å². The van der Waals surface area contributed by atoms with Gasteiger partial charge in [-0.1, -0.05) is 15.9 Å². The van der Waals surface area contributed by atoms with Gasteiger partial charge in [0, 0.05) is 11.5 Å². The van der Waals surface area contributed by atoms with Crippen LogP contribution in [0.25, 0.3) is 0 Å². The Morgan fingerprint density at radius 3 is 1.88 bits per heavy atom. The first kappa shape index (κ1) is 19.7. The number of hydrogen-bond acceptors (Lipinski definition) is 5. The normalized spacial score (nSPS) is 11.0. The Morgan fingerprint density at radius 2 is 1.50 bits per heavy atom. The highest BCUT2D eigenvalue weighted by atomic mass is 79.9. The molecule has 0 aromatic heterocycles. The molecule has 2 rings (SSSR count). The van der Waals surface area contributed by atoms with Crippen LogP contribution in [0.5, 0.6) is 5.75 Å². The van der Waals surface area contributed by atoms with E-state index in [1.165, 1.54) is 31.4 Å². The maximum atomic E-state index is 12.9. The molecule has 0 fully saturated rings. The number of carboxylic acid groups (broad SMARTS) is 2. The third kappa shape index (κ3) is 3.65. The van der Waals surface area contributed by atoms with Crippen molar-refractivity contribution in [1.82, 2.24) is 0 Å². The van der Waals surface area contributed by atoms with Crippen molar-refractivity contribution in [2.24, 2.45) is 0 Å². The van der Waals surface area contributed by atoms with E-state index in [1.807, 2.05) is 0 Å². The van der Waals surface area contributed by atoms with Gasteiger partial charge in [0.2, 0.25) is 0 Å². The van der Waals surface area contributed by atoms with E-state index in [2.05, 4.69) is 15.9 Å². The van der Waals surface area contributed by atoms with Crippen LogP contribution in [0.4, 0.5) is 5.69 Å². The molecule has 26 heavy (non-hydrogen) atoms. The summed E-state index contributed by atoms with van der Waals surface area (Å²) in [6.45, 7) is 0. The highest BCUT2D eigenvalue weighted by Crippen LogP contribution is 2.33. The van der Waals surface area contributed by atoms with Gasteiger partial charge in [0.15, 0.2) is 0 Å². The van der Waals surface area contributed by atoms with Gasteiger partial charge in [0.1, 0.15) is 5.75 Å². The van der Waals surface area contributed by atoms with E-state index in [-0.39, 0.29) is 9.37 Å². The molecule has 2 aromatic rings. The van der Waals surface area contributed by atoms with Crippen molar-refractivity contribution in [1.29, 1.82) is 0 Å². The number of rotatable bonds is 6. The van der Waals surface area contributed by atoms with Gasteiger partial charge in [-0.15, -0.1) is 0 Å². The Labute approximate surface area is 157 Å². The highest BCUT2D eigenvalue weighted by Gasteiger charge is 2.30. The molecule has 0 spiro atoms. The number of methoxy groups -OCH3 is 1. The number of hydrogen-bond donors (Lipinski definition) is 2. The zero-order chi connectivity index (χ0) is 19.6. The Hall–Kier alpha value is -2.59. The summed E-state index contributed by atoms with van der Waals surface area (Å²) in [7, 11) is -1.68. The maximum absolute atomic E-state index is 12.9. The van der Waals surface area contributed by atoms with Crippen LogP contribution in [-0.2, 0) is 10.0 Å². The monoisotopic (exact) mass is 443 g/mol. The van der Waals surface area contributed by atoms with E-state index >= 15 is 0 Å². The van der Waals surface area contributed by atoms with Gasteiger partial charge in [-0.2, -0.15) is 0 Å². The summed E-state index contributed by atoms with van der Waals surface area (Å²) in [6.07, 6.45) is 0. The molecule has 0 aliphatic carbocycles. The van der Waals surface area contributed by atoms with E-state index in [9.17, 15) is 28.2 Å². The summed E-state index contributed by atoms with van der Waals surface area (Å²) >= 11 is 3.04. The molecule has 0 aliphatic rings. The number of carbonyl (C=O) groups is 2. The number of anilines is 1. The van der Waals surface area contributed by atoms with Gasteiger partial charge >= 0.3 is 11.9 Å². The minimum absolute atomic E-state index is 0.142. The minimum Gasteiger partial charge on any atom is -0.497 e. The molecule has 8 nitrogen and oxygen atoms in total. The third-order valence-corrected chi connectivity index (χ3v) is 5.80. The van der Waals surface area contributed by atoms with Crippen LogP contribution in [0.1, 0.15) is 20.7 Å². The lowest BCUT2D eigenvalue weighted by Gasteiger charge is -2.23. The molecule has 2 N–H and O–H groups in total. The summed E-state index contributed by atoms with van der Waals surface area (Å²) in [6, 6.07) is 7.71. The number of sulfonamides is 1. The highest BCUT2D eigenvalue weighted by molar-refractivity contribution is 9.10. The number of halogens is 1. The number of nitrogens with zero attached hydrogens (tertiary/aromatic N) is 1. The van der Waals surface area contributed by atoms with Crippen LogP contribution in [0.15, 0.2) is 45.8 Å². The predicted molar refractivity (Wildman–Crippen MR) is 96.6 cm³/mol. The lowest BCUT2D eigenvalue weighted by molar-refractivity contribution is 0.0696. The Balaban J connectivity index is 2.69.